The second-order valence-electron chi connectivity index (χ2n) is 5.35. The van der Waals surface area contributed by atoms with Crippen LogP contribution in [0.4, 0.5) is 5.69 Å². The Morgan fingerprint density at radius 3 is 2.15 bits per heavy atom. The summed E-state index contributed by atoms with van der Waals surface area (Å²) < 4.78 is 10.4. The van der Waals surface area contributed by atoms with E-state index >= 15 is 0 Å². The van der Waals surface area contributed by atoms with Gasteiger partial charge in [-0.3, -0.25) is 9.59 Å². The molecule has 0 aliphatic carbocycles. The first kappa shape index (κ1) is 19.1. The molecule has 6 nitrogen and oxygen atoms in total. The number of hydrogen-bond donors (Lipinski definition) is 2. The van der Waals surface area contributed by atoms with E-state index in [1.54, 1.807) is 31.4 Å². The molecule has 136 valence electrons. The minimum absolute atomic E-state index is 0.345. The number of carbonyl (C=O) groups excluding carboxylic acids is 2. The van der Waals surface area contributed by atoms with E-state index in [1.807, 2.05) is 31.2 Å². The monoisotopic (exact) mass is 354 g/mol. The number of amides is 2. The summed E-state index contributed by atoms with van der Waals surface area (Å²) in [7, 11) is 1.60. The molecular weight excluding hydrogens is 332 g/mol. The van der Waals surface area contributed by atoms with Gasteiger partial charge in [0.25, 0.3) is 0 Å². The lowest BCUT2D eigenvalue weighted by molar-refractivity contribution is -0.117. The van der Waals surface area contributed by atoms with Crippen molar-refractivity contribution in [1.82, 2.24) is 5.32 Å². The van der Waals surface area contributed by atoms with Gasteiger partial charge in [0, 0.05) is 24.4 Å². The number of carbonyl (C=O) groups is 2. The quantitative estimate of drug-likeness (QED) is 0.715. The van der Waals surface area contributed by atoms with Crippen LogP contribution >= 0.6 is 0 Å². The number of rotatable bonds is 8. The van der Waals surface area contributed by atoms with Crippen molar-refractivity contribution in [3.63, 3.8) is 0 Å². The zero-order valence-corrected chi connectivity index (χ0v) is 14.8. The predicted molar refractivity (Wildman–Crippen MR) is 100 cm³/mol. The molecule has 0 atom stereocenters. The number of benzene rings is 2. The first-order valence-electron chi connectivity index (χ1n) is 8.23. The maximum absolute atomic E-state index is 11.8. The van der Waals surface area contributed by atoms with Crippen LogP contribution in [0, 0.1) is 0 Å². The van der Waals surface area contributed by atoms with Crippen LogP contribution in [0.1, 0.15) is 12.5 Å². The van der Waals surface area contributed by atoms with Crippen molar-refractivity contribution >= 4 is 17.5 Å². The highest BCUT2D eigenvalue weighted by atomic mass is 16.5. The van der Waals surface area contributed by atoms with Crippen LogP contribution in [-0.2, 0) is 16.1 Å². The van der Waals surface area contributed by atoms with Crippen LogP contribution < -0.4 is 20.1 Å². The molecule has 0 saturated carbocycles. The maximum Gasteiger partial charge on any atom is 0.248 e. The second-order valence-corrected chi connectivity index (χ2v) is 5.35. The van der Waals surface area contributed by atoms with Gasteiger partial charge in [-0.25, -0.2) is 0 Å². The third-order valence-electron chi connectivity index (χ3n) is 3.44. The van der Waals surface area contributed by atoms with E-state index in [1.165, 1.54) is 12.2 Å². The van der Waals surface area contributed by atoms with E-state index in [9.17, 15) is 9.59 Å². The Balaban J connectivity index is 1.78. The van der Waals surface area contributed by atoms with E-state index in [4.69, 9.17) is 9.47 Å². The lowest BCUT2D eigenvalue weighted by Crippen LogP contribution is -2.21. The summed E-state index contributed by atoms with van der Waals surface area (Å²) in [6, 6.07) is 14.4. The van der Waals surface area contributed by atoms with E-state index < -0.39 is 0 Å². The first-order valence-corrected chi connectivity index (χ1v) is 8.23. The van der Waals surface area contributed by atoms with E-state index in [0.717, 1.165) is 17.1 Å². The highest BCUT2D eigenvalue weighted by Crippen LogP contribution is 2.15. The Hall–Kier alpha value is -3.28. The highest BCUT2D eigenvalue weighted by molar-refractivity contribution is 6.03. The van der Waals surface area contributed by atoms with Crippen molar-refractivity contribution in [2.45, 2.75) is 13.5 Å². The molecule has 26 heavy (non-hydrogen) atoms. The topological polar surface area (TPSA) is 76.7 Å². The fourth-order valence-corrected chi connectivity index (χ4v) is 2.13. The minimum Gasteiger partial charge on any atom is -0.497 e. The average Bonchev–Trinajstić information content (AvgIpc) is 2.67. The molecule has 2 rings (SSSR count). The van der Waals surface area contributed by atoms with Crippen LogP contribution in [0.2, 0.25) is 0 Å². The number of methoxy groups -OCH3 is 1. The molecule has 0 spiro atoms. The molecule has 0 fully saturated rings. The van der Waals surface area contributed by atoms with Crippen LogP contribution in [0.25, 0.3) is 0 Å². The Kier molecular flexibility index (Phi) is 7.24. The van der Waals surface area contributed by atoms with E-state index in [0.29, 0.717) is 18.8 Å². The van der Waals surface area contributed by atoms with Gasteiger partial charge < -0.3 is 20.1 Å². The van der Waals surface area contributed by atoms with Gasteiger partial charge in [0.05, 0.1) is 13.7 Å². The Morgan fingerprint density at radius 1 is 0.923 bits per heavy atom. The molecule has 0 saturated heterocycles. The van der Waals surface area contributed by atoms with Crippen molar-refractivity contribution in [2.24, 2.45) is 0 Å². The van der Waals surface area contributed by atoms with Crippen LogP contribution in [0.15, 0.2) is 60.7 Å². The third kappa shape index (κ3) is 6.32. The van der Waals surface area contributed by atoms with Crippen molar-refractivity contribution < 1.29 is 19.1 Å². The maximum atomic E-state index is 11.8. The average molecular weight is 354 g/mol. The van der Waals surface area contributed by atoms with Crippen molar-refractivity contribution in [1.29, 1.82) is 0 Å². The normalized spacial score (nSPS) is 10.4. The van der Waals surface area contributed by atoms with Gasteiger partial charge >= 0.3 is 0 Å². The van der Waals surface area contributed by atoms with Gasteiger partial charge in [-0.1, -0.05) is 12.1 Å². The number of ether oxygens (including phenoxy) is 2. The molecule has 2 aromatic rings. The summed E-state index contributed by atoms with van der Waals surface area (Å²) in [6.45, 7) is 2.86. The lowest BCUT2D eigenvalue weighted by atomic mass is 10.2. The molecule has 2 amide bonds. The molecule has 0 aromatic heterocycles. The Labute approximate surface area is 152 Å². The molecule has 0 unspecified atom stereocenters. The van der Waals surface area contributed by atoms with Crippen molar-refractivity contribution in [3.05, 3.63) is 66.2 Å². The first-order chi connectivity index (χ1) is 12.6. The molecule has 2 N–H and O–H groups in total. The summed E-state index contributed by atoms with van der Waals surface area (Å²) >= 11 is 0. The number of hydrogen-bond acceptors (Lipinski definition) is 4. The van der Waals surface area contributed by atoms with Gasteiger partial charge in [-0.15, -0.1) is 0 Å². The molecule has 0 bridgehead atoms. The summed E-state index contributed by atoms with van der Waals surface area (Å²) in [6.07, 6.45) is 2.40. The molecule has 0 aliphatic heterocycles. The van der Waals surface area contributed by atoms with Gasteiger partial charge in [0.15, 0.2) is 0 Å². The third-order valence-corrected chi connectivity index (χ3v) is 3.44. The molecule has 6 heteroatoms. The largest absolute Gasteiger partial charge is 0.497 e. The molecule has 0 heterocycles. The SMILES string of the molecule is CCOc1ccc(NC(=O)C=CC(=O)NCc2ccc(OC)cc2)cc1. The zero-order chi connectivity index (χ0) is 18.8. The van der Waals surface area contributed by atoms with E-state index in [2.05, 4.69) is 10.6 Å². The lowest BCUT2D eigenvalue weighted by Gasteiger charge is -2.05. The number of anilines is 1. The summed E-state index contributed by atoms with van der Waals surface area (Å²) in [5, 5.41) is 5.39. The predicted octanol–water partition coefficient (Wildman–Crippen LogP) is 2.91. The summed E-state index contributed by atoms with van der Waals surface area (Å²) in [5.41, 5.74) is 1.56. The Bertz CT molecular complexity index is 752. The molecular formula is C20H22N2O4. The van der Waals surface area contributed by atoms with Gasteiger partial charge in [-0.2, -0.15) is 0 Å². The molecule has 0 aliphatic rings. The van der Waals surface area contributed by atoms with Gasteiger partial charge in [-0.05, 0) is 48.9 Å². The minimum atomic E-state index is -0.381. The highest BCUT2D eigenvalue weighted by Gasteiger charge is 2.01. The summed E-state index contributed by atoms with van der Waals surface area (Å²) in [5.74, 6) is 0.765. The van der Waals surface area contributed by atoms with Crippen LogP contribution in [0.5, 0.6) is 11.5 Å². The fourth-order valence-electron chi connectivity index (χ4n) is 2.13. The fraction of sp³-hybridized carbons (Fsp3) is 0.200. The Morgan fingerprint density at radius 2 is 1.54 bits per heavy atom. The van der Waals surface area contributed by atoms with Gasteiger partial charge in [0.2, 0.25) is 11.8 Å². The second kappa shape index (κ2) is 9.88. The van der Waals surface area contributed by atoms with Crippen LogP contribution in [-0.4, -0.2) is 25.5 Å². The van der Waals surface area contributed by atoms with E-state index in [-0.39, 0.29) is 11.8 Å². The van der Waals surface area contributed by atoms with Gasteiger partial charge in [0.1, 0.15) is 11.5 Å². The zero-order valence-electron chi connectivity index (χ0n) is 14.8. The molecule has 2 aromatic carbocycles. The molecule has 0 radical (unpaired) electrons. The smallest absolute Gasteiger partial charge is 0.248 e. The number of nitrogens with one attached hydrogen (secondary N) is 2. The standard InChI is InChI=1S/C20H22N2O4/c1-3-26-18-10-6-16(7-11-18)22-20(24)13-12-19(23)21-14-15-4-8-17(25-2)9-5-15/h4-13H,3,14H2,1-2H3,(H,21,23)(H,22,24). The summed E-state index contributed by atoms with van der Waals surface area (Å²) in [4.78, 5) is 23.6. The van der Waals surface area contributed by atoms with Crippen molar-refractivity contribution in [2.75, 3.05) is 19.0 Å². The van der Waals surface area contributed by atoms with Crippen LogP contribution in [0.3, 0.4) is 0 Å². The van der Waals surface area contributed by atoms with Crippen molar-refractivity contribution in [3.8, 4) is 11.5 Å².